The zero-order valence-corrected chi connectivity index (χ0v) is 33.5. The number of carbonyl (C=O) groups is 2. The molecule has 5 saturated carbocycles. The summed E-state index contributed by atoms with van der Waals surface area (Å²) in [6, 6.07) is 0. The smallest absolute Gasteiger partial charge is 0.446 e. The summed E-state index contributed by atoms with van der Waals surface area (Å²) in [6.45, 7) is 17.3. The number of nitrogens with zero attached hydrogens (tertiary/aromatic N) is 5. The second-order valence-corrected chi connectivity index (χ2v) is 20.4. The summed E-state index contributed by atoms with van der Waals surface area (Å²) >= 11 is 0. The molecule has 2 saturated heterocycles. The number of amides is 2. The Morgan fingerprint density at radius 1 is 0.927 bits per heavy atom. The molecule has 0 radical (unpaired) electrons. The van der Waals surface area contributed by atoms with Crippen LogP contribution in [0.3, 0.4) is 0 Å². The Morgan fingerprint density at radius 2 is 1.64 bits per heavy atom. The van der Waals surface area contributed by atoms with Gasteiger partial charge in [-0.2, -0.15) is 13.2 Å². The number of hydrogen-bond acceptors (Lipinski definition) is 8. The monoisotopic (exact) mass is 775 g/mol. The van der Waals surface area contributed by atoms with Crippen LogP contribution in [0.15, 0.2) is 0 Å². The summed E-state index contributed by atoms with van der Waals surface area (Å²) in [4.78, 5) is 29.8. The third-order valence-corrected chi connectivity index (χ3v) is 17.6. The lowest BCUT2D eigenvalue weighted by molar-refractivity contribution is -0.185. The quantitative estimate of drug-likeness (QED) is 0.339. The van der Waals surface area contributed by atoms with Crippen LogP contribution in [0.4, 0.5) is 22.8 Å². The fourth-order valence-electron chi connectivity index (χ4n) is 14.8. The van der Waals surface area contributed by atoms with Crippen molar-refractivity contribution in [1.29, 1.82) is 0 Å². The number of aliphatic hydroxyl groups is 1. The highest BCUT2D eigenvalue weighted by Gasteiger charge is 2.85. The Morgan fingerprint density at radius 3 is 2.31 bits per heavy atom. The van der Waals surface area contributed by atoms with Crippen molar-refractivity contribution < 1.29 is 42.1 Å². The van der Waals surface area contributed by atoms with E-state index in [1.165, 1.54) is 4.90 Å². The summed E-state index contributed by atoms with van der Waals surface area (Å²) in [5.41, 5.74) is -0.492. The topological polar surface area (TPSA) is 119 Å². The highest BCUT2D eigenvalue weighted by atomic mass is 19.4. The van der Waals surface area contributed by atoms with E-state index in [1.807, 2.05) is 0 Å². The number of rotatable bonds is 4. The van der Waals surface area contributed by atoms with Crippen LogP contribution in [0.5, 0.6) is 0 Å². The van der Waals surface area contributed by atoms with Crippen LogP contribution < -0.4 is 0 Å². The van der Waals surface area contributed by atoms with Gasteiger partial charge in [-0.15, -0.1) is 10.2 Å². The van der Waals surface area contributed by atoms with E-state index in [2.05, 4.69) is 58.7 Å². The molecule has 2 spiro atoms. The minimum Gasteiger partial charge on any atom is -0.446 e. The molecule has 11 nitrogen and oxygen atoms in total. The summed E-state index contributed by atoms with van der Waals surface area (Å²) in [5.74, 6) is 0.377. The average Bonchev–Trinajstić information content (AvgIpc) is 3.47. The number of aromatic nitrogens is 3. The molecule has 14 heteroatoms. The lowest BCUT2D eigenvalue weighted by Gasteiger charge is -2.63. The molecule has 0 aromatic carbocycles. The molecular weight excluding hydrogens is 715 g/mol. The Bertz CT molecular complexity index is 1730. The molecule has 1 aromatic heterocycles. The van der Waals surface area contributed by atoms with Gasteiger partial charge in [-0.25, -0.2) is 9.59 Å². The molecule has 8 aliphatic rings. The average molecular weight is 776 g/mol. The minimum atomic E-state index is -4.60. The van der Waals surface area contributed by atoms with Crippen molar-refractivity contribution in [3.05, 3.63) is 11.6 Å². The van der Waals surface area contributed by atoms with Crippen molar-refractivity contribution in [3.8, 4) is 0 Å². The van der Waals surface area contributed by atoms with Crippen LogP contribution >= 0.6 is 0 Å². The number of halogens is 3. The molecule has 13 atom stereocenters. The van der Waals surface area contributed by atoms with E-state index in [9.17, 15) is 27.9 Å². The maximum Gasteiger partial charge on any atom is 0.451 e. The molecular formula is C41H60F3N5O6. The lowest BCUT2D eigenvalue weighted by Crippen LogP contribution is -2.60. The highest BCUT2D eigenvalue weighted by molar-refractivity contribution is 5.69. The fraction of sp³-hybridized carbons (Fsp3) is 0.902. The predicted octanol–water partition coefficient (Wildman–Crippen LogP) is 7.30. The standard InChI is InChI=1S/C41H60F3N5O6/c1-22(2)30(55-34(51)47-15-8-16-47)24-19-23(3)29-31(53-24)32(50)38(7)26-10-9-25-36(4,5)27(11-12-39(25)21-40(26,39)14-13-37(29,38)6)54-35(52)48-17-18-49-28(20-48)45-46-33(49)41(42,43)44/h22-27,29-32,50H,8-21H2,1-7H3/t23-,24-,25+,26+,27+,29+,30-,31+,32+,37-,38-,39-,40+/m1/s1. The van der Waals surface area contributed by atoms with Gasteiger partial charge >= 0.3 is 18.4 Å². The normalized spacial score (nSPS) is 44.5. The molecule has 3 aliphatic heterocycles. The third-order valence-electron chi connectivity index (χ3n) is 17.6. The maximum absolute atomic E-state index is 13.6. The van der Waals surface area contributed by atoms with Gasteiger partial charge in [-0.1, -0.05) is 48.5 Å². The number of likely N-dealkylation sites (tertiary alicyclic amines) is 1. The van der Waals surface area contributed by atoms with E-state index >= 15 is 0 Å². The molecule has 0 unspecified atom stereocenters. The molecule has 0 bridgehead atoms. The molecule has 9 rings (SSSR count). The summed E-state index contributed by atoms with van der Waals surface area (Å²) in [7, 11) is 0. The zero-order chi connectivity index (χ0) is 39.2. The van der Waals surface area contributed by atoms with Crippen LogP contribution in [0.25, 0.3) is 0 Å². The molecule has 1 N–H and O–H groups in total. The first-order valence-corrected chi connectivity index (χ1v) is 21.0. The van der Waals surface area contributed by atoms with Gasteiger partial charge in [0.1, 0.15) is 12.2 Å². The second kappa shape index (κ2) is 12.2. The van der Waals surface area contributed by atoms with E-state index < -0.39 is 24.2 Å². The molecule has 4 heterocycles. The van der Waals surface area contributed by atoms with Crippen molar-refractivity contribution in [2.75, 3.05) is 19.6 Å². The molecule has 5 aliphatic carbocycles. The van der Waals surface area contributed by atoms with Crippen LogP contribution in [0.1, 0.15) is 118 Å². The number of aliphatic hydroxyl groups excluding tert-OH is 1. The van der Waals surface area contributed by atoms with Crippen molar-refractivity contribution in [3.63, 3.8) is 0 Å². The number of alkyl halides is 3. The van der Waals surface area contributed by atoms with Crippen LogP contribution in [0, 0.1) is 56.7 Å². The Kier molecular flexibility index (Phi) is 8.42. The number of ether oxygens (including phenoxy) is 3. The summed E-state index contributed by atoms with van der Waals surface area (Å²) in [5, 5.41) is 19.8. The van der Waals surface area contributed by atoms with Crippen LogP contribution in [-0.2, 0) is 33.5 Å². The second-order valence-electron chi connectivity index (χ2n) is 20.4. The van der Waals surface area contributed by atoms with Gasteiger partial charge < -0.3 is 28.8 Å². The first-order chi connectivity index (χ1) is 25.8. The Hall–Kier alpha value is -2.61. The molecule has 306 valence electrons. The van der Waals surface area contributed by atoms with Crippen molar-refractivity contribution in [2.45, 2.75) is 156 Å². The predicted molar refractivity (Wildman–Crippen MR) is 193 cm³/mol. The first kappa shape index (κ1) is 37.9. The van der Waals surface area contributed by atoms with Gasteiger partial charge in [0.15, 0.2) is 5.82 Å². The highest BCUT2D eigenvalue weighted by Crippen LogP contribution is 2.89. The van der Waals surface area contributed by atoms with Gasteiger partial charge in [-0.3, -0.25) is 4.90 Å². The van der Waals surface area contributed by atoms with E-state index in [0.717, 1.165) is 75.4 Å². The van der Waals surface area contributed by atoms with Crippen molar-refractivity contribution >= 4 is 12.2 Å². The SMILES string of the molecule is CC(C)[C@@H](OC(=O)N1CCC1)[C@H]1C[C@@H](C)[C@H]2[C@H](O1)[C@H](O)[C@@]1(C)[C@@H]3CC[C@H]4C(C)(C)[C@@H](OC(=O)N5CCn6c(nnc6C(F)(F)F)C5)CC[C@@]45C[C@@]35CC[C@]21C. The zero-order valence-electron chi connectivity index (χ0n) is 33.5. The number of carbonyl (C=O) groups excluding carboxylic acids is 2. The number of hydrogen-bond donors (Lipinski definition) is 1. The van der Waals surface area contributed by atoms with Gasteiger partial charge in [-0.05, 0) is 104 Å². The Labute approximate surface area is 322 Å². The van der Waals surface area contributed by atoms with Gasteiger partial charge in [0.05, 0.1) is 24.9 Å². The molecule has 1 aromatic rings. The van der Waals surface area contributed by atoms with Crippen LogP contribution in [-0.4, -0.2) is 92.0 Å². The largest absolute Gasteiger partial charge is 0.451 e. The van der Waals surface area contributed by atoms with Gasteiger partial charge in [0, 0.05) is 37.0 Å². The maximum atomic E-state index is 13.6. The van der Waals surface area contributed by atoms with E-state index in [1.54, 1.807) is 4.90 Å². The minimum absolute atomic E-state index is 0.0315. The lowest BCUT2D eigenvalue weighted by atomic mass is 9.41. The van der Waals surface area contributed by atoms with E-state index in [-0.39, 0.29) is 94.9 Å². The van der Waals surface area contributed by atoms with E-state index in [0.29, 0.717) is 17.8 Å². The molecule has 55 heavy (non-hydrogen) atoms. The third kappa shape index (κ3) is 5.06. The first-order valence-electron chi connectivity index (χ1n) is 21.0. The van der Waals surface area contributed by atoms with Crippen molar-refractivity contribution in [2.24, 2.45) is 56.7 Å². The van der Waals surface area contributed by atoms with E-state index in [4.69, 9.17) is 14.2 Å². The number of fused-ring (bicyclic) bond motifs is 5. The van der Waals surface area contributed by atoms with Crippen molar-refractivity contribution in [1.82, 2.24) is 24.6 Å². The Balaban J connectivity index is 0.915. The van der Waals surface area contributed by atoms with Gasteiger partial charge in [0.25, 0.3) is 0 Å². The fourth-order valence-corrected chi connectivity index (χ4v) is 14.8. The molecule has 2 amide bonds. The summed E-state index contributed by atoms with van der Waals surface area (Å²) < 4.78 is 60.7. The van der Waals surface area contributed by atoms with Gasteiger partial charge in [0.2, 0.25) is 5.82 Å². The molecule has 7 fully saturated rings. The summed E-state index contributed by atoms with van der Waals surface area (Å²) in [6.07, 6.45) is 1.56. The van der Waals surface area contributed by atoms with Crippen LogP contribution in [0.2, 0.25) is 0 Å².